The fraction of sp³-hybridized carbons (Fsp3) is 0. The SMILES string of the molecule is c1ccc(-n2c3cccc4ccc5cc(-c6cccc(-c7cc(-c8cc9ccc%10cccc%11c%10c9c(c8)n%11-c8ccccc8)cc(-c8cc9ccc%10cccc%11c%10c9c(c8)n%11-c8ccccc8)c7)c6)cc2c5c43)cc1. The van der Waals surface area contributed by atoms with E-state index in [0.717, 1.165) is 17.1 Å². The van der Waals surface area contributed by atoms with Gasteiger partial charge < -0.3 is 13.7 Å². The lowest BCUT2D eigenvalue weighted by Crippen LogP contribution is -1.94. The number of benzene rings is 14. The van der Waals surface area contributed by atoms with Gasteiger partial charge in [-0.2, -0.15) is 0 Å². The third kappa shape index (κ3) is 5.86. The van der Waals surface area contributed by atoms with Gasteiger partial charge >= 0.3 is 0 Å². The molecule has 0 unspecified atom stereocenters. The summed E-state index contributed by atoms with van der Waals surface area (Å²) in [4.78, 5) is 0. The Kier molecular flexibility index (Phi) is 8.28. The third-order valence-corrected chi connectivity index (χ3v) is 16.4. The molecule has 0 aliphatic heterocycles. The maximum Gasteiger partial charge on any atom is 0.0553 e. The van der Waals surface area contributed by atoms with Gasteiger partial charge in [0.2, 0.25) is 0 Å². The zero-order valence-electron chi connectivity index (χ0n) is 40.7. The Bertz CT molecular complexity index is 4890. The average Bonchev–Trinajstić information content (AvgIpc) is 4.20. The molecule has 75 heavy (non-hydrogen) atoms. The number of rotatable bonds is 7. The van der Waals surface area contributed by atoms with Crippen LogP contribution in [0.5, 0.6) is 0 Å². The maximum atomic E-state index is 2.46. The van der Waals surface area contributed by atoms with Gasteiger partial charge in [-0.15, -0.1) is 0 Å². The smallest absolute Gasteiger partial charge is 0.0553 e. The highest BCUT2D eigenvalue weighted by atomic mass is 15.0. The third-order valence-electron chi connectivity index (χ3n) is 16.4. The molecule has 0 fully saturated rings. The fourth-order valence-corrected chi connectivity index (χ4v) is 13.2. The summed E-state index contributed by atoms with van der Waals surface area (Å²) in [5.74, 6) is 0. The van der Waals surface area contributed by atoms with Gasteiger partial charge in [0, 0.05) is 49.4 Å². The predicted molar refractivity (Wildman–Crippen MR) is 317 cm³/mol. The van der Waals surface area contributed by atoms with Gasteiger partial charge in [0.25, 0.3) is 0 Å². The molecule has 17 rings (SSSR count). The van der Waals surface area contributed by atoms with Crippen molar-refractivity contribution in [2.75, 3.05) is 0 Å². The van der Waals surface area contributed by atoms with E-state index in [4.69, 9.17) is 0 Å². The molecule has 0 spiro atoms. The van der Waals surface area contributed by atoms with Crippen LogP contribution in [-0.2, 0) is 0 Å². The topological polar surface area (TPSA) is 14.8 Å². The van der Waals surface area contributed by atoms with Crippen molar-refractivity contribution in [2.45, 2.75) is 0 Å². The molecule has 0 saturated carbocycles. The summed E-state index contributed by atoms with van der Waals surface area (Å²) >= 11 is 0. The van der Waals surface area contributed by atoms with Crippen molar-refractivity contribution in [2.24, 2.45) is 0 Å². The van der Waals surface area contributed by atoms with Crippen LogP contribution < -0.4 is 0 Å². The quantitative estimate of drug-likeness (QED) is 0.141. The second kappa shape index (κ2) is 15.3. The van der Waals surface area contributed by atoms with Gasteiger partial charge in [-0.25, -0.2) is 0 Å². The average molecular weight is 950 g/mol. The largest absolute Gasteiger partial charge is 0.309 e. The second-order valence-electron chi connectivity index (χ2n) is 20.5. The van der Waals surface area contributed by atoms with E-state index in [0.29, 0.717) is 0 Å². The Morgan fingerprint density at radius 3 is 0.787 bits per heavy atom. The number of aromatic nitrogens is 3. The molecule has 0 bridgehead atoms. The van der Waals surface area contributed by atoms with Crippen LogP contribution in [0.1, 0.15) is 0 Å². The summed E-state index contributed by atoms with van der Waals surface area (Å²) in [5, 5.41) is 15.4. The maximum absolute atomic E-state index is 2.46. The highest BCUT2D eigenvalue weighted by molar-refractivity contribution is 6.27. The van der Waals surface area contributed by atoms with E-state index >= 15 is 0 Å². The number of hydrogen-bond donors (Lipinski definition) is 0. The van der Waals surface area contributed by atoms with Crippen LogP contribution in [0.3, 0.4) is 0 Å². The fourth-order valence-electron chi connectivity index (χ4n) is 13.2. The lowest BCUT2D eigenvalue weighted by Gasteiger charge is -2.15. The molecule has 3 heterocycles. The normalized spacial score (nSPS) is 12.3. The Labute approximate surface area is 431 Å². The van der Waals surface area contributed by atoms with Crippen LogP contribution in [-0.4, -0.2) is 13.7 Å². The van der Waals surface area contributed by atoms with Crippen molar-refractivity contribution in [3.8, 4) is 61.6 Å². The predicted octanol–water partition coefficient (Wildman–Crippen LogP) is 19.4. The first kappa shape index (κ1) is 40.6. The molecule has 0 radical (unpaired) electrons. The molecule has 0 atom stereocenters. The van der Waals surface area contributed by atoms with E-state index in [1.165, 1.54) is 142 Å². The van der Waals surface area contributed by atoms with Crippen molar-refractivity contribution in [3.05, 3.63) is 261 Å². The van der Waals surface area contributed by atoms with Gasteiger partial charge in [0.1, 0.15) is 0 Å². The number of hydrogen-bond acceptors (Lipinski definition) is 0. The van der Waals surface area contributed by atoms with Gasteiger partial charge in [-0.3, -0.25) is 0 Å². The zero-order valence-corrected chi connectivity index (χ0v) is 40.7. The first-order chi connectivity index (χ1) is 37.2. The van der Waals surface area contributed by atoms with Crippen molar-refractivity contribution in [1.82, 2.24) is 13.7 Å². The Hall–Kier alpha value is -9.96. The lowest BCUT2D eigenvalue weighted by atomic mass is 9.90. The first-order valence-electron chi connectivity index (χ1n) is 26.0. The van der Waals surface area contributed by atoms with Gasteiger partial charge in [-0.05, 0) is 192 Å². The molecule has 14 aromatic carbocycles. The molecule has 0 amide bonds. The Morgan fingerprint density at radius 1 is 0.160 bits per heavy atom. The molecule has 0 aliphatic carbocycles. The summed E-state index contributed by atoms with van der Waals surface area (Å²) in [6.45, 7) is 0. The second-order valence-corrected chi connectivity index (χ2v) is 20.5. The van der Waals surface area contributed by atoms with Crippen molar-refractivity contribution in [1.29, 1.82) is 0 Å². The molecule has 0 N–H and O–H groups in total. The first-order valence-corrected chi connectivity index (χ1v) is 26.0. The molecule has 346 valence electrons. The van der Waals surface area contributed by atoms with E-state index in [2.05, 4.69) is 275 Å². The molecule has 17 aromatic rings. The summed E-state index contributed by atoms with van der Waals surface area (Å²) in [7, 11) is 0. The van der Waals surface area contributed by atoms with Crippen LogP contribution in [0.2, 0.25) is 0 Å². The Balaban J connectivity index is 0.911. The molecule has 3 heteroatoms. The van der Waals surface area contributed by atoms with Crippen molar-refractivity contribution >= 4 is 97.7 Å². The van der Waals surface area contributed by atoms with Crippen LogP contribution in [0.15, 0.2) is 261 Å². The zero-order chi connectivity index (χ0) is 48.9. The standard InChI is InChI=1S/C72H43N3/c1-4-19-58(20-5-1)73-61-25-11-14-44-28-31-49-35-55(41-64(73)70(49)67(44)61)48-18-10-17-47(34-48)52-38-53(56-36-50-32-29-45-15-12-26-62-68(45)71(50)65(42-56)74(62)59-21-6-2-7-22-59)40-54(39-52)57-37-51-33-30-46-16-13-27-63-69(46)72(51)66(43-57)75(63)60-23-8-3-9-24-60/h1-43H. The van der Waals surface area contributed by atoms with E-state index in [1.54, 1.807) is 0 Å². The molecule has 3 nitrogen and oxygen atoms in total. The molecule has 0 saturated heterocycles. The van der Waals surface area contributed by atoms with Crippen LogP contribution >= 0.6 is 0 Å². The molecule has 3 aromatic heterocycles. The molecular formula is C72H43N3. The van der Waals surface area contributed by atoms with Crippen LogP contribution in [0, 0.1) is 0 Å². The summed E-state index contributed by atoms with van der Waals surface area (Å²) in [5.41, 5.74) is 20.2. The van der Waals surface area contributed by atoms with Crippen LogP contribution in [0.4, 0.5) is 0 Å². The summed E-state index contributed by atoms with van der Waals surface area (Å²) in [6, 6.07) is 97.4. The molecular weight excluding hydrogens is 907 g/mol. The lowest BCUT2D eigenvalue weighted by molar-refractivity contribution is 1.18. The summed E-state index contributed by atoms with van der Waals surface area (Å²) < 4.78 is 7.37. The minimum Gasteiger partial charge on any atom is -0.309 e. The number of para-hydroxylation sites is 3. The molecule has 0 aliphatic rings. The summed E-state index contributed by atoms with van der Waals surface area (Å²) in [6.07, 6.45) is 0. The highest BCUT2D eigenvalue weighted by Crippen LogP contribution is 2.46. The minimum atomic E-state index is 1.16. The number of nitrogens with zero attached hydrogens (tertiary/aromatic N) is 3. The van der Waals surface area contributed by atoms with Crippen molar-refractivity contribution in [3.63, 3.8) is 0 Å². The van der Waals surface area contributed by atoms with Gasteiger partial charge in [-0.1, -0.05) is 146 Å². The minimum absolute atomic E-state index is 1.16. The Morgan fingerprint density at radius 2 is 0.427 bits per heavy atom. The van der Waals surface area contributed by atoms with E-state index in [9.17, 15) is 0 Å². The van der Waals surface area contributed by atoms with Crippen molar-refractivity contribution < 1.29 is 0 Å². The van der Waals surface area contributed by atoms with Gasteiger partial charge in [0.15, 0.2) is 0 Å². The van der Waals surface area contributed by atoms with E-state index in [-0.39, 0.29) is 0 Å². The van der Waals surface area contributed by atoms with E-state index < -0.39 is 0 Å². The van der Waals surface area contributed by atoms with Crippen LogP contribution in [0.25, 0.3) is 159 Å². The van der Waals surface area contributed by atoms with E-state index in [1.807, 2.05) is 0 Å². The monoisotopic (exact) mass is 949 g/mol. The van der Waals surface area contributed by atoms with Gasteiger partial charge in [0.05, 0.1) is 33.1 Å². The highest BCUT2D eigenvalue weighted by Gasteiger charge is 2.23.